The van der Waals surface area contributed by atoms with Crippen molar-refractivity contribution < 1.29 is 23.9 Å². The predicted molar refractivity (Wildman–Crippen MR) is 113 cm³/mol. The molecule has 0 saturated carbocycles. The fourth-order valence-corrected chi connectivity index (χ4v) is 4.05. The molecule has 29 heavy (non-hydrogen) atoms. The molecule has 1 aliphatic heterocycles. The SMILES string of the molecule is COc1cc(/C=C2\SC(=O)N(CC(N)=O)C2=O)cc(Br)c1OCc1ccccc1. The molecule has 1 fully saturated rings. The summed E-state index contributed by atoms with van der Waals surface area (Å²) in [5.41, 5.74) is 6.73. The Morgan fingerprint density at radius 2 is 1.97 bits per heavy atom. The van der Waals surface area contributed by atoms with Gasteiger partial charge in [0.2, 0.25) is 5.91 Å². The van der Waals surface area contributed by atoms with Crippen LogP contribution in [0.5, 0.6) is 11.5 Å². The monoisotopic (exact) mass is 476 g/mol. The highest BCUT2D eigenvalue weighted by Gasteiger charge is 2.35. The number of rotatable bonds is 7. The van der Waals surface area contributed by atoms with E-state index in [0.29, 0.717) is 28.1 Å². The molecule has 0 unspecified atom stereocenters. The van der Waals surface area contributed by atoms with E-state index < -0.39 is 23.6 Å². The third-order valence-corrected chi connectivity index (χ3v) is 5.46. The number of amides is 3. The van der Waals surface area contributed by atoms with Crippen LogP contribution in [0.1, 0.15) is 11.1 Å². The van der Waals surface area contributed by atoms with Gasteiger partial charge in [0.25, 0.3) is 11.1 Å². The van der Waals surface area contributed by atoms with Crippen molar-refractivity contribution in [2.24, 2.45) is 5.73 Å². The molecule has 9 heteroatoms. The molecule has 2 aromatic carbocycles. The Kier molecular flexibility index (Phi) is 6.60. The normalized spacial score (nSPS) is 15.1. The van der Waals surface area contributed by atoms with Gasteiger partial charge < -0.3 is 15.2 Å². The zero-order valence-electron chi connectivity index (χ0n) is 15.4. The minimum Gasteiger partial charge on any atom is -0.493 e. The van der Waals surface area contributed by atoms with Crippen molar-refractivity contribution in [2.45, 2.75) is 6.61 Å². The van der Waals surface area contributed by atoms with Gasteiger partial charge in [-0.1, -0.05) is 30.3 Å². The number of imide groups is 1. The zero-order valence-corrected chi connectivity index (χ0v) is 17.8. The van der Waals surface area contributed by atoms with Gasteiger partial charge in [-0.3, -0.25) is 19.3 Å². The van der Waals surface area contributed by atoms with Crippen molar-refractivity contribution in [3.8, 4) is 11.5 Å². The van der Waals surface area contributed by atoms with Crippen molar-refractivity contribution in [3.05, 3.63) is 63.0 Å². The van der Waals surface area contributed by atoms with Crippen LogP contribution in [0.4, 0.5) is 4.79 Å². The maximum absolute atomic E-state index is 12.4. The highest BCUT2D eigenvalue weighted by Crippen LogP contribution is 2.39. The van der Waals surface area contributed by atoms with Gasteiger partial charge in [-0.2, -0.15) is 0 Å². The molecule has 2 aromatic rings. The largest absolute Gasteiger partial charge is 0.493 e. The van der Waals surface area contributed by atoms with E-state index in [4.69, 9.17) is 15.2 Å². The number of hydrogen-bond acceptors (Lipinski definition) is 6. The van der Waals surface area contributed by atoms with Crippen LogP contribution in [-0.4, -0.2) is 35.6 Å². The third kappa shape index (κ3) is 4.99. The number of thioether (sulfide) groups is 1. The van der Waals surface area contributed by atoms with E-state index >= 15 is 0 Å². The molecular weight excluding hydrogens is 460 g/mol. The molecule has 1 saturated heterocycles. The summed E-state index contributed by atoms with van der Waals surface area (Å²) in [4.78, 5) is 36.4. The van der Waals surface area contributed by atoms with Crippen molar-refractivity contribution in [1.29, 1.82) is 0 Å². The lowest BCUT2D eigenvalue weighted by molar-refractivity contribution is -0.127. The van der Waals surface area contributed by atoms with Crippen LogP contribution in [0.3, 0.4) is 0 Å². The summed E-state index contributed by atoms with van der Waals surface area (Å²) in [6.45, 7) is -0.0809. The van der Waals surface area contributed by atoms with Gasteiger partial charge in [0.05, 0.1) is 16.5 Å². The zero-order chi connectivity index (χ0) is 21.0. The molecule has 0 spiro atoms. The van der Waals surface area contributed by atoms with Crippen molar-refractivity contribution in [1.82, 2.24) is 4.90 Å². The number of carbonyl (C=O) groups excluding carboxylic acids is 3. The number of benzene rings is 2. The minimum absolute atomic E-state index is 0.197. The fourth-order valence-electron chi connectivity index (χ4n) is 2.64. The standard InChI is InChI=1S/C20H17BrN2O5S/c1-27-15-8-13(9-16-19(25)23(10-17(22)24)20(26)29-16)7-14(21)18(15)28-11-12-5-3-2-4-6-12/h2-9H,10-11H2,1H3,(H2,22,24)/b16-9-. The second-order valence-electron chi connectivity index (χ2n) is 6.04. The molecule has 0 bridgehead atoms. The van der Waals surface area contributed by atoms with Gasteiger partial charge in [0.15, 0.2) is 11.5 Å². The Bertz CT molecular complexity index is 994. The maximum atomic E-state index is 12.4. The van der Waals surface area contributed by atoms with Gasteiger partial charge in [0, 0.05) is 0 Å². The molecule has 0 radical (unpaired) electrons. The first-order valence-corrected chi connectivity index (χ1v) is 10.1. The fraction of sp³-hybridized carbons (Fsp3) is 0.150. The summed E-state index contributed by atoms with van der Waals surface area (Å²) in [5.74, 6) is -0.315. The molecule has 2 N–H and O–H groups in total. The second kappa shape index (κ2) is 9.15. The van der Waals surface area contributed by atoms with E-state index in [1.165, 1.54) is 7.11 Å². The van der Waals surface area contributed by atoms with Crippen molar-refractivity contribution in [3.63, 3.8) is 0 Å². The Hall–Kier alpha value is -2.78. The van der Waals surface area contributed by atoms with Crippen LogP contribution in [-0.2, 0) is 16.2 Å². The average Bonchev–Trinajstić information content (AvgIpc) is 2.94. The van der Waals surface area contributed by atoms with Gasteiger partial charge in [-0.25, -0.2) is 0 Å². The lowest BCUT2D eigenvalue weighted by Crippen LogP contribution is -2.36. The average molecular weight is 477 g/mol. The van der Waals surface area contributed by atoms with E-state index in [9.17, 15) is 14.4 Å². The van der Waals surface area contributed by atoms with Gasteiger partial charge >= 0.3 is 0 Å². The van der Waals surface area contributed by atoms with Crippen LogP contribution >= 0.6 is 27.7 Å². The van der Waals surface area contributed by atoms with Crippen LogP contribution < -0.4 is 15.2 Å². The molecule has 150 valence electrons. The Morgan fingerprint density at radius 3 is 2.62 bits per heavy atom. The first kappa shape index (κ1) is 20.9. The number of primary amides is 1. The quantitative estimate of drug-likeness (QED) is 0.613. The highest BCUT2D eigenvalue weighted by molar-refractivity contribution is 9.10. The maximum Gasteiger partial charge on any atom is 0.294 e. The third-order valence-electron chi connectivity index (χ3n) is 3.96. The molecule has 0 aromatic heterocycles. The summed E-state index contributed by atoms with van der Waals surface area (Å²) in [6, 6.07) is 13.2. The van der Waals surface area contributed by atoms with E-state index in [1.807, 2.05) is 30.3 Å². The summed E-state index contributed by atoms with van der Waals surface area (Å²) in [5, 5.41) is -0.533. The van der Waals surface area contributed by atoms with Crippen LogP contribution in [0.25, 0.3) is 6.08 Å². The molecule has 1 heterocycles. The summed E-state index contributed by atoms with van der Waals surface area (Å²) in [6.07, 6.45) is 1.56. The topological polar surface area (TPSA) is 98.9 Å². The van der Waals surface area contributed by atoms with Crippen LogP contribution in [0, 0.1) is 0 Å². The van der Waals surface area contributed by atoms with E-state index in [2.05, 4.69) is 15.9 Å². The highest BCUT2D eigenvalue weighted by atomic mass is 79.9. The number of halogens is 1. The summed E-state index contributed by atoms with van der Waals surface area (Å²) in [7, 11) is 1.52. The van der Waals surface area contributed by atoms with E-state index in [0.717, 1.165) is 22.2 Å². The number of nitrogens with two attached hydrogens (primary N) is 1. The Labute approximate surface area is 180 Å². The van der Waals surface area contributed by atoms with Crippen LogP contribution in [0.2, 0.25) is 0 Å². The number of hydrogen-bond donors (Lipinski definition) is 1. The lowest BCUT2D eigenvalue weighted by Gasteiger charge is -2.14. The smallest absolute Gasteiger partial charge is 0.294 e. The second-order valence-corrected chi connectivity index (χ2v) is 7.89. The molecule has 3 amide bonds. The molecule has 1 aliphatic rings. The molecule has 0 atom stereocenters. The first-order chi connectivity index (χ1) is 13.9. The number of carbonyl (C=O) groups is 3. The molecule has 0 aliphatic carbocycles. The van der Waals surface area contributed by atoms with Crippen molar-refractivity contribution in [2.75, 3.05) is 13.7 Å². The summed E-state index contributed by atoms with van der Waals surface area (Å²) < 4.78 is 12.0. The van der Waals surface area contributed by atoms with Crippen LogP contribution in [0.15, 0.2) is 51.8 Å². The van der Waals surface area contributed by atoms with Gasteiger partial charge in [0.1, 0.15) is 13.2 Å². The van der Waals surface area contributed by atoms with Crippen molar-refractivity contribution >= 4 is 50.8 Å². The number of ether oxygens (including phenoxy) is 2. The molecule has 7 nitrogen and oxygen atoms in total. The number of methoxy groups -OCH3 is 1. The Morgan fingerprint density at radius 1 is 1.24 bits per heavy atom. The van der Waals surface area contributed by atoms with Gasteiger partial charge in [-0.05, 0) is 57.0 Å². The molecular formula is C20H17BrN2O5S. The Balaban J connectivity index is 1.83. The van der Waals surface area contributed by atoms with E-state index in [-0.39, 0.29) is 4.91 Å². The lowest BCUT2D eigenvalue weighted by atomic mass is 10.1. The molecule has 3 rings (SSSR count). The predicted octanol–water partition coefficient (Wildman–Crippen LogP) is 3.56. The van der Waals surface area contributed by atoms with Gasteiger partial charge in [-0.15, -0.1) is 0 Å². The number of nitrogens with zero attached hydrogens (tertiary/aromatic N) is 1. The van der Waals surface area contributed by atoms with E-state index in [1.54, 1.807) is 18.2 Å². The first-order valence-electron chi connectivity index (χ1n) is 8.47. The minimum atomic E-state index is -0.752. The summed E-state index contributed by atoms with van der Waals surface area (Å²) >= 11 is 4.22.